The Labute approximate surface area is 184 Å². The molecule has 1 atom stereocenters. The van der Waals surface area contributed by atoms with Gasteiger partial charge in [0.25, 0.3) is 0 Å². The number of carbonyl (C=O) groups excluding carboxylic acids is 1. The number of halogens is 9. The summed E-state index contributed by atoms with van der Waals surface area (Å²) in [5.41, 5.74) is 3.92. The highest BCUT2D eigenvalue weighted by Crippen LogP contribution is 2.44. The third kappa shape index (κ3) is 7.22. The van der Waals surface area contributed by atoms with Crippen molar-refractivity contribution in [2.75, 3.05) is 11.4 Å². The zero-order valence-corrected chi connectivity index (χ0v) is 18.0. The predicted octanol–water partition coefficient (Wildman–Crippen LogP) is 6.43. The van der Waals surface area contributed by atoms with Crippen LogP contribution in [0.4, 0.5) is 45.2 Å². The van der Waals surface area contributed by atoms with Gasteiger partial charge in [0.05, 0.1) is 0 Å². The van der Waals surface area contributed by atoms with E-state index in [4.69, 9.17) is 0 Å². The molecule has 1 amide bonds. The first kappa shape index (κ1) is 28.5. The minimum Gasteiger partial charge on any atom is -0.307 e. The van der Waals surface area contributed by atoms with Gasteiger partial charge in [-0.25, -0.2) is 0 Å². The number of alkyl halides is 9. The summed E-state index contributed by atoms with van der Waals surface area (Å²) >= 11 is 0. The van der Waals surface area contributed by atoms with Gasteiger partial charge < -0.3 is 4.90 Å². The molecule has 0 aromatic heterocycles. The van der Waals surface area contributed by atoms with E-state index in [-0.39, 0.29) is 16.6 Å². The topological polar surface area (TPSA) is 29.5 Å². The number of carbonyl (C=O) groups is 1. The van der Waals surface area contributed by atoms with Gasteiger partial charge in [-0.2, -0.15) is 39.5 Å². The third-order valence-electron chi connectivity index (χ3n) is 4.56. The lowest BCUT2D eigenvalue weighted by molar-refractivity contribution is -0.406. The summed E-state index contributed by atoms with van der Waals surface area (Å²) in [6.07, 6.45) is -21.1. The Bertz CT molecular complexity index is 834. The zero-order valence-electron chi connectivity index (χ0n) is 17.0. The number of amides is 1. The number of nitrogens with zero attached hydrogens (tertiary/aromatic N) is 1. The second-order valence-corrected chi connectivity index (χ2v) is 10.8. The molecule has 0 aliphatic heterocycles. The van der Waals surface area contributed by atoms with Crippen LogP contribution < -0.4 is 4.90 Å². The first-order valence-electron chi connectivity index (χ1n) is 9.14. The summed E-state index contributed by atoms with van der Waals surface area (Å²) in [5, 5.41) is 0. The van der Waals surface area contributed by atoms with Crippen molar-refractivity contribution in [2.45, 2.75) is 36.8 Å². The molecule has 0 heterocycles. The molecular formula is C20H20F9NO2Si. The molecule has 1 aromatic carbocycles. The zero-order chi connectivity index (χ0) is 25.7. The van der Waals surface area contributed by atoms with Crippen molar-refractivity contribution in [3.05, 3.63) is 67.2 Å². The smallest absolute Gasteiger partial charge is 0.307 e. The number of rotatable bonds is 11. The van der Waals surface area contributed by atoms with Crippen LogP contribution in [0.3, 0.4) is 0 Å². The summed E-state index contributed by atoms with van der Waals surface area (Å²) in [4.78, 5) is 12.8. The molecule has 1 unspecified atom stereocenters. The molecule has 0 fully saturated rings. The van der Waals surface area contributed by atoms with Gasteiger partial charge in [0, 0.05) is 12.2 Å². The number of hydrogen-bond acceptors (Lipinski definition) is 2. The summed E-state index contributed by atoms with van der Waals surface area (Å²) in [5.74, 6) is -8.44. The second kappa shape index (κ2) is 10.2. The van der Waals surface area contributed by atoms with E-state index in [9.17, 15) is 44.3 Å². The second-order valence-electron chi connectivity index (χ2n) is 6.89. The van der Waals surface area contributed by atoms with E-state index in [1.807, 2.05) is 0 Å². The van der Waals surface area contributed by atoms with Crippen molar-refractivity contribution in [2.24, 2.45) is 0 Å². The Morgan fingerprint density at radius 2 is 1.39 bits per heavy atom. The van der Waals surface area contributed by atoms with E-state index < -0.39 is 51.3 Å². The maximum atomic E-state index is 14.9. The number of benzene rings is 1. The molecule has 0 aliphatic carbocycles. The fourth-order valence-electron chi connectivity index (χ4n) is 2.69. The van der Waals surface area contributed by atoms with Crippen molar-refractivity contribution in [1.82, 2.24) is 0 Å². The SMILES string of the molecule is C=C[Si](C=C)(C=C)CCN(C(=O)C(F)(OC(F)(F)CC(F)(F)F)C(F)(F)F)c1ccccc1. The van der Waals surface area contributed by atoms with E-state index >= 15 is 0 Å². The van der Waals surface area contributed by atoms with Gasteiger partial charge in [-0.05, 0) is 18.2 Å². The van der Waals surface area contributed by atoms with Gasteiger partial charge >= 0.3 is 30.2 Å². The molecule has 1 rings (SSSR count). The number of para-hydroxylation sites is 1. The van der Waals surface area contributed by atoms with Crippen LogP contribution in [0.1, 0.15) is 6.42 Å². The summed E-state index contributed by atoms with van der Waals surface area (Å²) < 4.78 is 123. The van der Waals surface area contributed by atoms with Gasteiger partial charge in [-0.3, -0.25) is 9.53 Å². The molecule has 0 saturated heterocycles. The third-order valence-corrected chi connectivity index (χ3v) is 7.93. The molecule has 0 bridgehead atoms. The lowest BCUT2D eigenvalue weighted by Gasteiger charge is -2.35. The van der Waals surface area contributed by atoms with E-state index in [2.05, 4.69) is 24.5 Å². The lowest BCUT2D eigenvalue weighted by Crippen LogP contribution is -2.60. The summed E-state index contributed by atoms with van der Waals surface area (Å²) in [6.45, 7) is 10.1. The maximum absolute atomic E-state index is 14.9. The Hall–Kier alpha value is -2.54. The minimum absolute atomic E-state index is 0.128. The average Bonchev–Trinajstić information content (AvgIpc) is 2.69. The predicted molar refractivity (Wildman–Crippen MR) is 107 cm³/mol. The van der Waals surface area contributed by atoms with Crippen LogP contribution in [0.5, 0.6) is 0 Å². The Kier molecular flexibility index (Phi) is 8.77. The van der Waals surface area contributed by atoms with Crippen LogP contribution >= 0.6 is 0 Å². The fraction of sp³-hybridized carbons (Fsp3) is 0.350. The largest absolute Gasteiger partial charge is 0.458 e. The van der Waals surface area contributed by atoms with Gasteiger partial charge in [0.1, 0.15) is 14.5 Å². The molecule has 0 spiro atoms. The van der Waals surface area contributed by atoms with Gasteiger partial charge in [-0.15, -0.1) is 19.7 Å². The van der Waals surface area contributed by atoms with Crippen LogP contribution in [-0.4, -0.2) is 44.8 Å². The molecule has 0 radical (unpaired) electrons. The lowest BCUT2D eigenvalue weighted by atomic mass is 10.2. The van der Waals surface area contributed by atoms with Crippen molar-refractivity contribution in [3.8, 4) is 0 Å². The van der Waals surface area contributed by atoms with Gasteiger partial charge in [-0.1, -0.05) is 35.3 Å². The molecule has 0 aliphatic rings. The van der Waals surface area contributed by atoms with Crippen molar-refractivity contribution in [1.29, 1.82) is 0 Å². The Balaban J connectivity index is 3.49. The molecule has 0 N–H and O–H groups in total. The molecular weight excluding hydrogens is 485 g/mol. The first-order chi connectivity index (χ1) is 15.0. The number of hydrogen-bond donors (Lipinski definition) is 0. The monoisotopic (exact) mass is 505 g/mol. The van der Waals surface area contributed by atoms with Crippen LogP contribution in [0.25, 0.3) is 0 Å². The Morgan fingerprint density at radius 1 is 0.909 bits per heavy atom. The molecule has 3 nitrogen and oxygen atoms in total. The fourth-order valence-corrected chi connectivity index (χ4v) is 4.41. The average molecular weight is 505 g/mol. The van der Waals surface area contributed by atoms with E-state index in [0.717, 1.165) is 12.1 Å². The molecule has 0 saturated carbocycles. The van der Waals surface area contributed by atoms with E-state index in [0.29, 0.717) is 0 Å². The quantitative estimate of drug-likeness (QED) is 0.256. The van der Waals surface area contributed by atoms with Crippen LogP contribution in [0.2, 0.25) is 6.04 Å². The molecule has 13 heteroatoms. The summed E-state index contributed by atoms with van der Waals surface area (Å²) in [7, 11) is -2.79. The van der Waals surface area contributed by atoms with Gasteiger partial charge in [0.2, 0.25) is 0 Å². The van der Waals surface area contributed by atoms with Crippen molar-refractivity contribution >= 4 is 19.7 Å². The molecule has 1 aromatic rings. The van der Waals surface area contributed by atoms with Crippen LogP contribution in [0.15, 0.2) is 67.2 Å². The number of anilines is 1. The highest BCUT2D eigenvalue weighted by atomic mass is 28.3. The van der Waals surface area contributed by atoms with Crippen LogP contribution in [0, 0.1) is 0 Å². The summed E-state index contributed by atoms with van der Waals surface area (Å²) in [6, 6.07) is 5.98. The van der Waals surface area contributed by atoms with Gasteiger partial charge in [0.15, 0.2) is 0 Å². The highest BCUT2D eigenvalue weighted by Gasteiger charge is 2.69. The van der Waals surface area contributed by atoms with E-state index in [1.54, 1.807) is 0 Å². The van der Waals surface area contributed by atoms with Crippen LogP contribution in [-0.2, 0) is 9.53 Å². The first-order valence-corrected chi connectivity index (χ1v) is 11.6. The van der Waals surface area contributed by atoms with Crippen molar-refractivity contribution in [3.63, 3.8) is 0 Å². The minimum atomic E-state index is -6.43. The van der Waals surface area contributed by atoms with Crippen molar-refractivity contribution < 1.29 is 49.0 Å². The molecule has 184 valence electrons. The normalized spacial score (nSPS) is 14.8. The highest BCUT2D eigenvalue weighted by molar-refractivity contribution is 6.93. The standard InChI is InChI=1S/C20H20F9NO2Si/c1-4-33(5-2,6-3)13-12-30(15-10-8-7-9-11-15)16(31)19(26,20(27,28)29)32-18(24,25)14-17(21,22)23/h4-11H,1-3,12-14H2. The van der Waals surface area contributed by atoms with E-state index in [1.165, 1.54) is 35.3 Å². The number of ether oxygens (including phenoxy) is 1. The molecule has 33 heavy (non-hydrogen) atoms. The Morgan fingerprint density at radius 3 is 1.79 bits per heavy atom. The maximum Gasteiger partial charge on any atom is 0.458 e.